The number of nitrogens with two attached hydrogens (primary N) is 1. The minimum Gasteiger partial charge on any atom is -0.489 e. The normalized spacial score (nSPS) is 26.8. The molecule has 2 rings (SSSR count). The van der Waals surface area contributed by atoms with Gasteiger partial charge in [0.25, 0.3) is 5.88 Å². The fraction of sp³-hybridized carbons (Fsp3) is 0.692. The van der Waals surface area contributed by atoms with Crippen LogP contribution in [0.25, 0.3) is 0 Å². The van der Waals surface area contributed by atoms with Crippen molar-refractivity contribution in [3.05, 3.63) is 6.33 Å². The Hall–Kier alpha value is -1.56. The topological polar surface area (TPSA) is 82.3 Å². The van der Waals surface area contributed by atoms with Crippen LogP contribution in [0.15, 0.2) is 6.33 Å². The molecule has 3 N–H and O–H groups in total. The first kappa shape index (κ1) is 13.9. The van der Waals surface area contributed by atoms with E-state index < -0.39 is 0 Å². The van der Waals surface area contributed by atoms with Crippen LogP contribution in [0.3, 0.4) is 0 Å². The molecule has 6 heteroatoms. The number of hydrogen-bond acceptors (Lipinski definition) is 6. The third kappa shape index (κ3) is 3.07. The van der Waals surface area contributed by atoms with Crippen molar-refractivity contribution >= 4 is 5.82 Å². The van der Waals surface area contributed by atoms with Gasteiger partial charge in [0, 0.05) is 0 Å². The van der Waals surface area contributed by atoms with Gasteiger partial charge in [0.05, 0.1) is 7.11 Å². The van der Waals surface area contributed by atoms with E-state index in [0.717, 1.165) is 18.8 Å². The van der Waals surface area contributed by atoms with Crippen molar-refractivity contribution in [2.45, 2.75) is 39.2 Å². The zero-order chi connectivity index (χ0) is 13.8. The lowest BCUT2D eigenvalue weighted by Crippen LogP contribution is -2.29. The molecular formula is C13H22N4O2. The second kappa shape index (κ2) is 6.06. The van der Waals surface area contributed by atoms with Crippen molar-refractivity contribution in [3.63, 3.8) is 0 Å². The molecule has 6 nitrogen and oxygen atoms in total. The molecule has 1 aliphatic carbocycles. The molecule has 3 unspecified atom stereocenters. The Labute approximate surface area is 113 Å². The Bertz CT molecular complexity index is 427. The molecule has 0 saturated heterocycles. The second-order valence-corrected chi connectivity index (χ2v) is 5.21. The first-order chi connectivity index (χ1) is 9.15. The quantitative estimate of drug-likeness (QED) is 0.640. The maximum Gasteiger partial charge on any atom is 0.262 e. The van der Waals surface area contributed by atoms with Gasteiger partial charge < -0.3 is 14.9 Å². The second-order valence-electron chi connectivity index (χ2n) is 5.21. The van der Waals surface area contributed by atoms with E-state index in [0.29, 0.717) is 23.4 Å². The van der Waals surface area contributed by atoms with Gasteiger partial charge in [-0.25, -0.2) is 10.8 Å². The molecular weight excluding hydrogens is 244 g/mol. The maximum atomic E-state index is 5.97. The van der Waals surface area contributed by atoms with Gasteiger partial charge in [-0.15, -0.1) is 0 Å². The van der Waals surface area contributed by atoms with Crippen LogP contribution in [0.4, 0.5) is 5.82 Å². The van der Waals surface area contributed by atoms with Crippen molar-refractivity contribution in [2.24, 2.45) is 17.7 Å². The van der Waals surface area contributed by atoms with Gasteiger partial charge in [-0.05, 0) is 31.1 Å². The smallest absolute Gasteiger partial charge is 0.262 e. The average molecular weight is 266 g/mol. The Morgan fingerprint density at radius 2 is 2.05 bits per heavy atom. The van der Waals surface area contributed by atoms with Crippen LogP contribution in [0.5, 0.6) is 11.6 Å². The van der Waals surface area contributed by atoms with Gasteiger partial charge in [-0.2, -0.15) is 4.98 Å². The van der Waals surface area contributed by atoms with E-state index in [2.05, 4.69) is 29.2 Å². The highest BCUT2D eigenvalue weighted by atomic mass is 16.5. The van der Waals surface area contributed by atoms with E-state index in [1.54, 1.807) is 7.11 Å². The summed E-state index contributed by atoms with van der Waals surface area (Å²) < 4.78 is 11.2. The highest BCUT2D eigenvalue weighted by Crippen LogP contribution is 2.35. The number of ether oxygens (including phenoxy) is 2. The Balaban J connectivity index is 2.11. The van der Waals surface area contributed by atoms with Crippen LogP contribution >= 0.6 is 0 Å². The van der Waals surface area contributed by atoms with E-state index in [1.807, 2.05) is 0 Å². The van der Waals surface area contributed by atoms with Gasteiger partial charge in [-0.3, -0.25) is 0 Å². The number of hydrazine groups is 1. The van der Waals surface area contributed by atoms with E-state index >= 15 is 0 Å². The van der Waals surface area contributed by atoms with Crippen LogP contribution in [-0.4, -0.2) is 23.2 Å². The summed E-state index contributed by atoms with van der Waals surface area (Å²) in [6, 6.07) is 0. The SMILES string of the molecule is COc1c(NN)ncnc1OC1CCC(C)C(C)C1. The predicted molar refractivity (Wildman–Crippen MR) is 73.0 cm³/mol. The van der Waals surface area contributed by atoms with Crippen LogP contribution in [0.1, 0.15) is 33.1 Å². The van der Waals surface area contributed by atoms with Gasteiger partial charge in [0.15, 0.2) is 5.82 Å². The zero-order valence-electron chi connectivity index (χ0n) is 11.7. The molecule has 1 aliphatic rings. The molecule has 1 saturated carbocycles. The van der Waals surface area contributed by atoms with Crippen LogP contribution in [-0.2, 0) is 0 Å². The number of nitrogens with zero attached hydrogens (tertiary/aromatic N) is 2. The zero-order valence-corrected chi connectivity index (χ0v) is 11.7. The average Bonchev–Trinajstić information content (AvgIpc) is 2.42. The Morgan fingerprint density at radius 3 is 2.68 bits per heavy atom. The van der Waals surface area contributed by atoms with Crippen molar-refractivity contribution in [1.82, 2.24) is 9.97 Å². The molecule has 0 amide bonds. The van der Waals surface area contributed by atoms with E-state index in [1.165, 1.54) is 12.7 Å². The summed E-state index contributed by atoms with van der Waals surface area (Å²) in [6.45, 7) is 4.56. The number of methoxy groups -OCH3 is 1. The molecule has 0 aliphatic heterocycles. The highest BCUT2D eigenvalue weighted by molar-refractivity contribution is 5.54. The largest absolute Gasteiger partial charge is 0.489 e. The third-order valence-corrected chi connectivity index (χ3v) is 3.94. The summed E-state index contributed by atoms with van der Waals surface area (Å²) in [5.74, 6) is 8.16. The van der Waals surface area contributed by atoms with Crippen LogP contribution in [0, 0.1) is 11.8 Å². The molecule has 0 radical (unpaired) electrons. The summed E-state index contributed by atoms with van der Waals surface area (Å²) in [5.41, 5.74) is 2.48. The number of nitrogens with one attached hydrogen (secondary N) is 1. The third-order valence-electron chi connectivity index (χ3n) is 3.94. The van der Waals surface area contributed by atoms with E-state index in [9.17, 15) is 0 Å². The first-order valence-corrected chi connectivity index (χ1v) is 6.68. The van der Waals surface area contributed by atoms with E-state index in [-0.39, 0.29) is 6.10 Å². The lowest BCUT2D eigenvalue weighted by atomic mass is 9.80. The monoisotopic (exact) mass is 266 g/mol. The molecule has 1 heterocycles. The van der Waals surface area contributed by atoms with Crippen LogP contribution < -0.4 is 20.7 Å². The predicted octanol–water partition coefficient (Wildman–Crippen LogP) is 1.97. The fourth-order valence-corrected chi connectivity index (χ4v) is 2.49. The van der Waals surface area contributed by atoms with Crippen molar-refractivity contribution < 1.29 is 9.47 Å². The number of hydrogen-bond donors (Lipinski definition) is 2. The fourth-order valence-electron chi connectivity index (χ4n) is 2.49. The number of rotatable bonds is 4. The minimum absolute atomic E-state index is 0.181. The molecule has 1 fully saturated rings. The molecule has 1 aromatic rings. The van der Waals surface area contributed by atoms with Gasteiger partial charge in [0.1, 0.15) is 12.4 Å². The summed E-state index contributed by atoms with van der Waals surface area (Å²) in [5, 5.41) is 0. The number of aromatic nitrogens is 2. The molecule has 1 aromatic heterocycles. The van der Waals surface area contributed by atoms with Gasteiger partial charge in [0.2, 0.25) is 5.75 Å². The summed E-state index contributed by atoms with van der Waals surface area (Å²) in [4.78, 5) is 8.14. The van der Waals surface area contributed by atoms with Crippen molar-refractivity contribution in [3.8, 4) is 11.6 Å². The molecule has 19 heavy (non-hydrogen) atoms. The van der Waals surface area contributed by atoms with Crippen molar-refractivity contribution in [2.75, 3.05) is 12.5 Å². The summed E-state index contributed by atoms with van der Waals surface area (Å²) in [6.07, 6.45) is 4.87. The Morgan fingerprint density at radius 1 is 1.26 bits per heavy atom. The van der Waals surface area contributed by atoms with Gasteiger partial charge >= 0.3 is 0 Å². The lowest BCUT2D eigenvalue weighted by Gasteiger charge is -2.32. The van der Waals surface area contributed by atoms with Crippen LogP contribution in [0.2, 0.25) is 0 Å². The molecule has 3 atom stereocenters. The van der Waals surface area contributed by atoms with E-state index in [4.69, 9.17) is 15.3 Å². The Kier molecular flexibility index (Phi) is 4.42. The van der Waals surface area contributed by atoms with Crippen molar-refractivity contribution in [1.29, 1.82) is 0 Å². The minimum atomic E-state index is 0.181. The number of nitrogen functional groups attached to an aromatic ring is 1. The standard InChI is InChI=1S/C13H22N4O2/c1-8-4-5-10(6-9(8)2)19-13-11(18-3)12(17-14)15-7-16-13/h7-10H,4-6,14H2,1-3H3,(H,15,16,17). The summed E-state index contributed by atoms with van der Waals surface area (Å²) >= 11 is 0. The molecule has 0 aromatic carbocycles. The summed E-state index contributed by atoms with van der Waals surface area (Å²) in [7, 11) is 1.55. The van der Waals surface area contributed by atoms with Gasteiger partial charge in [-0.1, -0.05) is 13.8 Å². The molecule has 0 bridgehead atoms. The first-order valence-electron chi connectivity index (χ1n) is 6.68. The lowest BCUT2D eigenvalue weighted by molar-refractivity contribution is 0.0932. The number of anilines is 1. The maximum absolute atomic E-state index is 5.97. The molecule has 106 valence electrons. The highest BCUT2D eigenvalue weighted by Gasteiger charge is 2.27. The molecule has 0 spiro atoms.